The Hall–Kier alpha value is -0.940. The molecule has 0 bridgehead atoms. The third-order valence-corrected chi connectivity index (χ3v) is 4.09. The van der Waals surface area contributed by atoms with E-state index in [4.69, 9.17) is 4.74 Å². The normalized spacial score (nSPS) is 17.2. The van der Waals surface area contributed by atoms with Gasteiger partial charge in [0.1, 0.15) is 0 Å². The van der Waals surface area contributed by atoms with Crippen molar-refractivity contribution in [1.82, 2.24) is 15.1 Å². The Morgan fingerprint density at radius 3 is 2.38 bits per heavy atom. The van der Waals surface area contributed by atoms with Gasteiger partial charge in [-0.25, -0.2) is 0 Å². The molecule has 0 aliphatic carbocycles. The van der Waals surface area contributed by atoms with E-state index in [1.54, 1.807) is 7.11 Å². The molecule has 4 nitrogen and oxygen atoms in total. The van der Waals surface area contributed by atoms with Crippen molar-refractivity contribution in [2.45, 2.75) is 19.6 Å². The van der Waals surface area contributed by atoms with E-state index >= 15 is 0 Å². The molecule has 0 spiro atoms. The zero-order chi connectivity index (χ0) is 14.9. The largest absolute Gasteiger partial charge is 0.380 e. The van der Waals surface area contributed by atoms with E-state index in [0.717, 1.165) is 13.1 Å². The van der Waals surface area contributed by atoms with E-state index in [9.17, 15) is 0 Å². The monoisotopic (exact) mass is 291 g/mol. The molecule has 4 heteroatoms. The summed E-state index contributed by atoms with van der Waals surface area (Å²) in [5.41, 5.74) is 2.57. The van der Waals surface area contributed by atoms with Crippen molar-refractivity contribution >= 4 is 0 Å². The number of likely N-dealkylation sites (N-methyl/N-ethyl adjacent to an activating group) is 1. The fraction of sp³-hybridized carbons (Fsp3) is 0.647. The maximum Gasteiger partial charge on any atom is 0.0713 e. The standard InChI is InChI=1S/C17H29N3O/c1-19-10-12-20(13-11-19)9-3-8-18-14-16-4-6-17(7-5-16)15-21-2/h4-7,18H,3,8-15H2,1-2H3. The average Bonchev–Trinajstić information content (AvgIpc) is 2.51. The summed E-state index contributed by atoms with van der Waals surface area (Å²) in [7, 11) is 3.94. The second-order valence-electron chi connectivity index (χ2n) is 5.92. The molecule has 0 amide bonds. The predicted octanol–water partition coefficient (Wildman–Crippen LogP) is 1.56. The number of nitrogens with one attached hydrogen (secondary N) is 1. The Labute approximate surface area is 129 Å². The molecule has 0 radical (unpaired) electrons. The minimum atomic E-state index is 0.693. The summed E-state index contributed by atoms with van der Waals surface area (Å²) in [5, 5.41) is 3.53. The SMILES string of the molecule is COCc1ccc(CNCCCN2CCN(C)CC2)cc1. The molecule has 0 atom stereocenters. The molecular weight excluding hydrogens is 262 g/mol. The van der Waals surface area contributed by atoms with Gasteiger partial charge in [0.25, 0.3) is 0 Å². The van der Waals surface area contributed by atoms with Crippen LogP contribution in [0.5, 0.6) is 0 Å². The number of rotatable bonds is 8. The quantitative estimate of drug-likeness (QED) is 0.736. The van der Waals surface area contributed by atoms with Gasteiger partial charge in [0, 0.05) is 39.8 Å². The Morgan fingerprint density at radius 1 is 1.05 bits per heavy atom. The van der Waals surface area contributed by atoms with E-state index < -0.39 is 0 Å². The summed E-state index contributed by atoms with van der Waals surface area (Å²) < 4.78 is 5.12. The maximum atomic E-state index is 5.12. The van der Waals surface area contributed by atoms with Crippen LogP contribution in [0.15, 0.2) is 24.3 Å². The number of benzene rings is 1. The number of piperazine rings is 1. The Balaban J connectivity index is 1.55. The van der Waals surface area contributed by atoms with Gasteiger partial charge in [-0.05, 0) is 37.7 Å². The summed E-state index contributed by atoms with van der Waals surface area (Å²) in [5.74, 6) is 0. The number of methoxy groups -OCH3 is 1. The van der Waals surface area contributed by atoms with Crippen LogP contribution in [0, 0.1) is 0 Å². The number of nitrogens with zero attached hydrogens (tertiary/aromatic N) is 2. The molecule has 1 aromatic rings. The lowest BCUT2D eigenvalue weighted by Gasteiger charge is -2.32. The molecule has 1 aliphatic heterocycles. The lowest BCUT2D eigenvalue weighted by Crippen LogP contribution is -2.45. The van der Waals surface area contributed by atoms with Gasteiger partial charge in [-0.1, -0.05) is 24.3 Å². The van der Waals surface area contributed by atoms with Crippen molar-refractivity contribution < 1.29 is 4.74 Å². The van der Waals surface area contributed by atoms with Gasteiger partial charge in [-0.2, -0.15) is 0 Å². The summed E-state index contributed by atoms with van der Waals surface area (Å²) >= 11 is 0. The minimum Gasteiger partial charge on any atom is -0.380 e. The van der Waals surface area contributed by atoms with Crippen molar-refractivity contribution in [2.75, 3.05) is 53.4 Å². The first-order valence-electron chi connectivity index (χ1n) is 7.96. The van der Waals surface area contributed by atoms with Crippen LogP contribution in [0.25, 0.3) is 0 Å². The molecule has 0 saturated carbocycles. The fourth-order valence-corrected chi connectivity index (χ4v) is 2.65. The van der Waals surface area contributed by atoms with E-state index in [0.29, 0.717) is 6.61 Å². The maximum absolute atomic E-state index is 5.12. The van der Waals surface area contributed by atoms with E-state index in [1.165, 1.54) is 50.3 Å². The van der Waals surface area contributed by atoms with Crippen molar-refractivity contribution in [2.24, 2.45) is 0 Å². The van der Waals surface area contributed by atoms with Crippen LogP contribution in [0.2, 0.25) is 0 Å². The van der Waals surface area contributed by atoms with Crippen molar-refractivity contribution in [3.05, 3.63) is 35.4 Å². The van der Waals surface area contributed by atoms with Gasteiger partial charge in [0.05, 0.1) is 6.61 Å². The van der Waals surface area contributed by atoms with Crippen LogP contribution in [0.4, 0.5) is 0 Å². The molecule has 1 fully saturated rings. The van der Waals surface area contributed by atoms with E-state index in [1.807, 2.05) is 0 Å². The van der Waals surface area contributed by atoms with Crippen LogP contribution >= 0.6 is 0 Å². The first-order valence-corrected chi connectivity index (χ1v) is 7.96. The highest BCUT2D eigenvalue weighted by molar-refractivity contribution is 5.21. The average molecular weight is 291 g/mol. The highest BCUT2D eigenvalue weighted by Gasteiger charge is 2.12. The van der Waals surface area contributed by atoms with Crippen LogP contribution in [-0.2, 0) is 17.9 Å². The Bertz CT molecular complexity index is 386. The molecule has 1 heterocycles. The van der Waals surface area contributed by atoms with Gasteiger partial charge >= 0.3 is 0 Å². The summed E-state index contributed by atoms with van der Waals surface area (Å²) in [4.78, 5) is 4.98. The zero-order valence-corrected chi connectivity index (χ0v) is 13.5. The third kappa shape index (κ3) is 6.14. The first kappa shape index (κ1) is 16.4. The second-order valence-corrected chi connectivity index (χ2v) is 5.92. The molecular formula is C17H29N3O. The van der Waals surface area contributed by atoms with Crippen LogP contribution in [-0.4, -0.2) is 63.2 Å². The van der Waals surface area contributed by atoms with Crippen molar-refractivity contribution in [3.63, 3.8) is 0 Å². The van der Waals surface area contributed by atoms with Crippen molar-refractivity contribution in [1.29, 1.82) is 0 Å². The van der Waals surface area contributed by atoms with Gasteiger partial charge in [0.15, 0.2) is 0 Å². The van der Waals surface area contributed by atoms with Gasteiger partial charge in [-0.15, -0.1) is 0 Å². The number of hydrogen-bond donors (Lipinski definition) is 1. The molecule has 0 aromatic heterocycles. The zero-order valence-electron chi connectivity index (χ0n) is 13.5. The van der Waals surface area contributed by atoms with E-state index in [2.05, 4.69) is 46.4 Å². The molecule has 1 aliphatic rings. The molecule has 1 N–H and O–H groups in total. The van der Waals surface area contributed by atoms with E-state index in [-0.39, 0.29) is 0 Å². The van der Waals surface area contributed by atoms with Crippen LogP contribution in [0.1, 0.15) is 17.5 Å². The minimum absolute atomic E-state index is 0.693. The van der Waals surface area contributed by atoms with Crippen molar-refractivity contribution in [3.8, 4) is 0 Å². The number of ether oxygens (including phenoxy) is 1. The van der Waals surface area contributed by atoms with Crippen LogP contribution < -0.4 is 5.32 Å². The molecule has 118 valence electrons. The van der Waals surface area contributed by atoms with Gasteiger partial charge in [0.2, 0.25) is 0 Å². The summed E-state index contributed by atoms with van der Waals surface area (Å²) in [6.07, 6.45) is 1.23. The molecule has 2 rings (SSSR count). The van der Waals surface area contributed by atoms with Gasteiger partial charge in [-0.3, -0.25) is 0 Å². The first-order chi connectivity index (χ1) is 10.3. The lowest BCUT2D eigenvalue weighted by atomic mass is 10.1. The number of hydrogen-bond acceptors (Lipinski definition) is 4. The Morgan fingerprint density at radius 2 is 1.71 bits per heavy atom. The third-order valence-electron chi connectivity index (χ3n) is 4.09. The summed E-state index contributed by atoms with van der Waals surface area (Å²) in [6.45, 7) is 8.81. The van der Waals surface area contributed by atoms with Gasteiger partial charge < -0.3 is 19.9 Å². The molecule has 0 unspecified atom stereocenters. The molecule has 1 saturated heterocycles. The highest BCUT2D eigenvalue weighted by atomic mass is 16.5. The second kappa shape index (κ2) is 9.15. The lowest BCUT2D eigenvalue weighted by molar-refractivity contribution is 0.153. The highest BCUT2D eigenvalue weighted by Crippen LogP contribution is 2.05. The Kier molecular flexibility index (Phi) is 7.16. The molecule has 1 aromatic carbocycles. The fourth-order valence-electron chi connectivity index (χ4n) is 2.65. The smallest absolute Gasteiger partial charge is 0.0713 e. The van der Waals surface area contributed by atoms with Crippen LogP contribution in [0.3, 0.4) is 0 Å². The predicted molar refractivity (Wildman–Crippen MR) is 87.4 cm³/mol. The topological polar surface area (TPSA) is 27.7 Å². The molecule has 21 heavy (non-hydrogen) atoms. The summed E-state index contributed by atoms with van der Waals surface area (Å²) in [6, 6.07) is 8.65.